The van der Waals surface area contributed by atoms with Gasteiger partial charge < -0.3 is 5.73 Å². The lowest BCUT2D eigenvalue weighted by molar-refractivity contribution is -0.0565. The molecule has 1 nitrogen and oxygen atoms in total. The molecule has 2 atom stereocenters. The summed E-state index contributed by atoms with van der Waals surface area (Å²) in [7, 11) is 0. The van der Waals surface area contributed by atoms with E-state index in [1.807, 2.05) is 0 Å². The zero-order valence-electron chi connectivity index (χ0n) is 9.80. The second-order valence-electron chi connectivity index (χ2n) is 4.88. The minimum absolute atomic E-state index is 0.0861. The third-order valence-corrected chi connectivity index (χ3v) is 4.14. The molecule has 1 aliphatic rings. The molecule has 5 heteroatoms. The van der Waals surface area contributed by atoms with E-state index < -0.39 is 17.8 Å². The maximum Gasteiger partial charge on any atom is 0.248 e. The number of alkyl halides is 2. The Hall–Kier alpha value is -0.550. The summed E-state index contributed by atoms with van der Waals surface area (Å²) in [5.74, 6) is -3.47. The summed E-state index contributed by atoms with van der Waals surface area (Å²) in [6.45, 7) is 0. The summed E-state index contributed by atoms with van der Waals surface area (Å²) in [4.78, 5) is 0. The summed E-state index contributed by atoms with van der Waals surface area (Å²) in [6.07, 6.45) is 0.737. The van der Waals surface area contributed by atoms with Crippen molar-refractivity contribution in [3.63, 3.8) is 0 Å². The van der Waals surface area contributed by atoms with Gasteiger partial charge >= 0.3 is 0 Å². The molecule has 100 valence electrons. The molecule has 0 aliphatic heterocycles. The fourth-order valence-corrected chi connectivity index (χ4v) is 2.93. The Labute approximate surface area is 113 Å². The fraction of sp³-hybridized carbons (Fsp3) is 0.538. The van der Waals surface area contributed by atoms with Gasteiger partial charge in [-0.15, -0.1) is 0 Å². The molecule has 1 aromatic carbocycles. The SMILES string of the molecule is NC(c1cccc(Br)c1F)C1CCCC(F)(F)C1. The topological polar surface area (TPSA) is 26.0 Å². The van der Waals surface area contributed by atoms with Crippen LogP contribution in [0.4, 0.5) is 13.2 Å². The molecule has 1 aromatic rings. The highest BCUT2D eigenvalue weighted by molar-refractivity contribution is 9.10. The first kappa shape index (κ1) is 13.9. The second kappa shape index (κ2) is 5.21. The number of benzene rings is 1. The number of halogens is 4. The van der Waals surface area contributed by atoms with Gasteiger partial charge in [0.1, 0.15) is 5.82 Å². The minimum Gasteiger partial charge on any atom is -0.324 e. The van der Waals surface area contributed by atoms with Crippen LogP contribution in [0.2, 0.25) is 0 Å². The molecule has 0 saturated heterocycles. The Kier molecular flexibility index (Phi) is 4.02. The van der Waals surface area contributed by atoms with E-state index in [0.717, 1.165) is 0 Å². The Bertz CT molecular complexity index is 436. The monoisotopic (exact) mass is 321 g/mol. The van der Waals surface area contributed by atoms with E-state index >= 15 is 0 Å². The van der Waals surface area contributed by atoms with Gasteiger partial charge in [-0.05, 0) is 40.8 Å². The molecule has 1 aliphatic carbocycles. The van der Waals surface area contributed by atoms with Crippen molar-refractivity contribution in [2.24, 2.45) is 11.7 Å². The van der Waals surface area contributed by atoms with Gasteiger partial charge in [-0.25, -0.2) is 13.2 Å². The highest BCUT2D eigenvalue weighted by Gasteiger charge is 2.39. The first-order chi connectivity index (χ1) is 8.41. The molecule has 2 rings (SSSR count). The van der Waals surface area contributed by atoms with E-state index in [0.29, 0.717) is 22.9 Å². The van der Waals surface area contributed by atoms with Gasteiger partial charge in [-0.3, -0.25) is 0 Å². The maximum atomic E-state index is 13.9. The van der Waals surface area contributed by atoms with Crippen LogP contribution in [-0.2, 0) is 0 Å². The van der Waals surface area contributed by atoms with Gasteiger partial charge in [0.25, 0.3) is 0 Å². The molecule has 18 heavy (non-hydrogen) atoms. The van der Waals surface area contributed by atoms with Crippen molar-refractivity contribution in [3.8, 4) is 0 Å². The van der Waals surface area contributed by atoms with Crippen LogP contribution in [-0.4, -0.2) is 5.92 Å². The molecule has 0 bridgehead atoms. The van der Waals surface area contributed by atoms with Crippen LogP contribution < -0.4 is 5.73 Å². The van der Waals surface area contributed by atoms with Crippen molar-refractivity contribution in [3.05, 3.63) is 34.1 Å². The summed E-state index contributed by atoms with van der Waals surface area (Å²) < 4.78 is 40.9. The van der Waals surface area contributed by atoms with Gasteiger partial charge in [-0.1, -0.05) is 12.1 Å². The molecule has 0 amide bonds. The third-order valence-electron chi connectivity index (χ3n) is 3.53. The van der Waals surface area contributed by atoms with E-state index in [9.17, 15) is 13.2 Å². The van der Waals surface area contributed by atoms with Gasteiger partial charge in [0.2, 0.25) is 5.92 Å². The Morgan fingerprint density at radius 1 is 1.39 bits per heavy atom. The second-order valence-corrected chi connectivity index (χ2v) is 5.74. The van der Waals surface area contributed by atoms with Gasteiger partial charge in [0, 0.05) is 24.4 Å². The molecule has 0 aromatic heterocycles. The first-order valence-electron chi connectivity index (χ1n) is 5.98. The lowest BCUT2D eigenvalue weighted by Crippen LogP contribution is -2.33. The molecule has 0 heterocycles. The molecule has 0 spiro atoms. The van der Waals surface area contributed by atoms with E-state index in [1.165, 1.54) is 0 Å². The van der Waals surface area contributed by atoms with Crippen LogP contribution in [0.3, 0.4) is 0 Å². The standard InChI is InChI=1S/C13H15BrF3N/c14-10-5-1-4-9(11(10)15)12(18)8-3-2-6-13(16,17)7-8/h1,4-5,8,12H,2-3,6-7,18H2. The predicted molar refractivity (Wildman–Crippen MR) is 67.9 cm³/mol. The number of hydrogen-bond donors (Lipinski definition) is 1. The van der Waals surface area contributed by atoms with E-state index in [1.54, 1.807) is 18.2 Å². The molecule has 2 N–H and O–H groups in total. The maximum absolute atomic E-state index is 13.9. The largest absolute Gasteiger partial charge is 0.324 e. The van der Waals surface area contributed by atoms with Crippen LogP contribution in [0.15, 0.2) is 22.7 Å². The Morgan fingerprint density at radius 3 is 2.78 bits per heavy atom. The van der Waals surface area contributed by atoms with Crippen molar-refractivity contribution in [1.82, 2.24) is 0 Å². The summed E-state index contributed by atoms with van der Waals surface area (Å²) in [5.41, 5.74) is 6.28. The molecular weight excluding hydrogens is 307 g/mol. The van der Waals surface area contributed by atoms with Crippen LogP contribution in [0.25, 0.3) is 0 Å². The average Bonchev–Trinajstić information content (AvgIpc) is 2.30. The highest BCUT2D eigenvalue weighted by Crippen LogP contribution is 2.42. The highest BCUT2D eigenvalue weighted by atomic mass is 79.9. The van der Waals surface area contributed by atoms with Crippen LogP contribution in [0.1, 0.15) is 37.3 Å². The van der Waals surface area contributed by atoms with Crippen LogP contribution in [0, 0.1) is 11.7 Å². The predicted octanol–water partition coefficient (Wildman–Crippen LogP) is 4.41. The molecular formula is C13H15BrF3N. The number of hydrogen-bond acceptors (Lipinski definition) is 1. The molecule has 0 radical (unpaired) electrons. The molecule has 2 unspecified atom stereocenters. The van der Waals surface area contributed by atoms with Crippen LogP contribution in [0.5, 0.6) is 0 Å². The normalized spacial score (nSPS) is 24.8. The lowest BCUT2D eigenvalue weighted by atomic mass is 9.79. The zero-order valence-corrected chi connectivity index (χ0v) is 11.4. The van der Waals surface area contributed by atoms with E-state index in [2.05, 4.69) is 15.9 Å². The minimum atomic E-state index is -2.66. The third kappa shape index (κ3) is 2.88. The summed E-state index contributed by atoms with van der Waals surface area (Å²) in [6, 6.07) is 4.13. The Morgan fingerprint density at radius 2 is 2.11 bits per heavy atom. The van der Waals surface area contributed by atoms with Gasteiger partial charge in [-0.2, -0.15) is 0 Å². The van der Waals surface area contributed by atoms with Gasteiger partial charge in [0.05, 0.1) is 4.47 Å². The lowest BCUT2D eigenvalue weighted by Gasteiger charge is -2.33. The van der Waals surface area contributed by atoms with Crippen molar-refractivity contribution in [2.75, 3.05) is 0 Å². The van der Waals surface area contributed by atoms with Crippen LogP contribution >= 0.6 is 15.9 Å². The number of rotatable bonds is 2. The van der Waals surface area contributed by atoms with E-state index in [4.69, 9.17) is 5.73 Å². The molecule has 1 fully saturated rings. The zero-order chi connectivity index (χ0) is 13.3. The first-order valence-corrected chi connectivity index (χ1v) is 6.77. The molecule has 1 saturated carbocycles. The number of nitrogens with two attached hydrogens (primary N) is 1. The quantitative estimate of drug-likeness (QED) is 0.857. The smallest absolute Gasteiger partial charge is 0.248 e. The van der Waals surface area contributed by atoms with Crippen molar-refractivity contribution < 1.29 is 13.2 Å². The Balaban J connectivity index is 2.20. The van der Waals surface area contributed by atoms with Gasteiger partial charge in [0.15, 0.2) is 0 Å². The van der Waals surface area contributed by atoms with E-state index in [-0.39, 0.29) is 18.8 Å². The van der Waals surface area contributed by atoms with Crippen molar-refractivity contribution in [2.45, 2.75) is 37.6 Å². The fourth-order valence-electron chi connectivity index (χ4n) is 2.55. The average molecular weight is 322 g/mol. The summed E-state index contributed by atoms with van der Waals surface area (Å²) >= 11 is 3.08. The van der Waals surface area contributed by atoms with Crippen molar-refractivity contribution >= 4 is 15.9 Å². The van der Waals surface area contributed by atoms with Crippen molar-refractivity contribution in [1.29, 1.82) is 0 Å². The summed E-state index contributed by atoms with van der Waals surface area (Å²) in [5, 5.41) is 0.